The highest BCUT2D eigenvalue weighted by molar-refractivity contribution is 5.92. The Bertz CT molecular complexity index is 1350. The van der Waals surface area contributed by atoms with E-state index >= 15 is 0 Å². The van der Waals surface area contributed by atoms with Crippen molar-refractivity contribution in [1.29, 1.82) is 0 Å². The van der Waals surface area contributed by atoms with Crippen molar-refractivity contribution < 1.29 is 19.0 Å². The minimum atomic E-state index is -0.666. The van der Waals surface area contributed by atoms with E-state index in [4.69, 9.17) is 13.9 Å². The van der Waals surface area contributed by atoms with Crippen molar-refractivity contribution in [3.8, 4) is 11.5 Å². The zero-order valence-electron chi connectivity index (χ0n) is 19.6. The second-order valence-corrected chi connectivity index (χ2v) is 8.48. The molecule has 1 saturated heterocycles. The summed E-state index contributed by atoms with van der Waals surface area (Å²) in [5.74, 6) is 1.33. The lowest BCUT2D eigenvalue weighted by Crippen LogP contribution is -2.49. The third-order valence-electron chi connectivity index (χ3n) is 6.27. The van der Waals surface area contributed by atoms with E-state index in [1.165, 1.54) is 0 Å². The van der Waals surface area contributed by atoms with Gasteiger partial charge in [0.05, 0.1) is 23.6 Å². The number of piperazine rings is 1. The zero-order chi connectivity index (χ0) is 23.5. The summed E-state index contributed by atoms with van der Waals surface area (Å²) in [7, 11) is 1.69. The molecule has 4 aromatic rings. The van der Waals surface area contributed by atoms with E-state index in [9.17, 15) is 9.90 Å². The summed E-state index contributed by atoms with van der Waals surface area (Å²) < 4.78 is 17.4. The molecule has 3 aromatic carbocycles. The first-order chi connectivity index (χ1) is 16.6. The quantitative estimate of drug-likeness (QED) is 0.388. The summed E-state index contributed by atoms with van der Waals surface area (Å²) in [5.41, 5.74) is 1.93. The maximum atomic E-state index is 12.8. The fourth-order valence-electron chi connectivity index (χ4n) is 4.51. The third-order valence-corrected chi connectivity index (χ3v) is 6.27. The first kappa shape index (κ1) is 24.9. The van der Waals surface area contributed by atoms with Gasteiger partial charge in [0, 0.05) is 32.7 Å². The molecule has 5 rings (SSSR count). The van der Waals surface area contributed by atoms with Crippen molar-refractivity contribution in [2.75, 3.05) is 51.3 Å². The smallest absolute Gasteiger partial charge is 0.200 e. The van der Waals surface area contributed by atoms with Crippen LogP contribution >= 0.6 is 12.4 Å². The molecule has 0 saturated carbocycles. The van der Waals surface area contributed by atoms with Gasteiger partial charge in [-0.2, -0.15) is 0 Å². The number of para-hydroxylation sites is 4. The van der Waals surface area contributed by atoms with Crippen LogP contribution in [0.15, 0.2) is 75.9 Å². The topological polar surface area (TPSA) is 75.4 Å². The van der Waals surface area contributed by atoms with Crippen LogP contribution in [0.2, 0.25) is 0 Å². The van der Waals surface area contributed by atoms with E-state index in [2.05, 4.69) is 15.9 Å². The van der Waals surface area contributed by atoms with E-state index < -0.39 is 6.10 Å². The molecule has 0 amide bonds. The third kappa shape index (κ3) is 5.22. The van der Waals surface area contributed by atoms with E-state index in [1.807, 2.05) is 30.3 Å². The molecule has 1 aliphatic rings. The Hall–Kier alpha value is -3.26. The summed E-state index contributed by atoms with van der Waals surface area (Å²) in [6.45, 7) is 4.01. The molecule has 8 heteroatoms. The molecule has 1 aliphatic heterocycles. The predicted molar refractivity (Wildman–Crippen MR) is 140 cm³/mol. The molecule has 0 bridgehead atoms. The lowest BCUT2D eigenvalue weighted by molar-refractivity contribution is 0.0665. The summed E-state index contributed by atoms with van der Waals surface area (Å²) >= 11 is 0. The lowest BCUT2D eigenvalue weighted by atomic mass is 10.1. The van der Waals surface area contributed by atoms with Gasteiger partial charge in [0.25, 0.3) is 0 Å². The average molecular weight is 497 g/mol. The van der Waals surface area contributed by atoms with Crippen molar-refractivity contribution >= 4 is 40.0 Å². The summed E-state index contributed by atoms with van der Waals surface area (Å²) in [5, 5.41) is 11.6. The number of ether oxygens (including phenoxy) is 2. The van der Waals surface area contributed by atoms with Crippen LogP contribution in [0, 0.1) is 0 Å². The number of hydrogen-bond donors (Lipinski definition) is 1. The Morgan fingerprint density at radius 1 is 0.914 bits per heavy atom. The maximum absolute atomic E-state index is 12.8. The van der Waals surface area contributed by atoms with E-state index in [-0.39, 0.29) is 24.4 Å². The highest BCUT2D eigenvalue weighted by Crippen LogP contribution is 2.29. The number of rotatable bonds is 7. The van der Waals surface area contributed by atoms with Crippen LogP contribution in [0.25, 0.3) is 21.9 Å². The highest BCUT2D eigenvalue weighted by atomic mass is 35.5. The van der Waals surface area contributed by atoms with Gasteiger partial charge >= 0.3 is 0 Å². The summed E-state index contributed by atoms with van der Waals surface area (Å²) in [6.07, 6.45) is -0.666. The number of methoxy groups -OCH3 is 1. The molecule has 0 spiro atoms. The maximum Gasteiger partial charge on any atom is 0.200 e. The van der Waals surface area contributed by atoms with Crippen LogP contribution in [-0.4, -0.2) is 62.6 Å². The van der Waals surface area contributed by atoms with Gasteiger partial charge in [-0.15, -0.1) is 12.4 Å². The van der Waals surface area contributed by atoms with Gasteiger partial charge < -0.3 is 23.9 Å². The van der Waals surface area contributed by atoms with Crippen molar-refractivity contribution in [2.45, 2.75) is 6.10 Å². The van der Waals surface area contributed by atoms with Crippen LogP contribution in [0.5, 0.6) is 11.5 Å². The van der Waals surface area contributed by atoms with E-state index in [1.54, 1.807) is 37.4 Å². The number of fused-ring (bicyclic) bond motifs is 2. The van der Waals surface area contributed by atoms with Crippen LogP contribution in [-0.2, 0) is 0 Å². The Labute approximate surface area is 209 Å². The van der Waals surface area contributed by atoms with Crippen molar-refractivity contribution in [2.24, 2.45) is 0 Å². The van der Waals surface area contributed by atoms with Gasteiger partial charge in [0.2, 0.25) is 5.43 Å². The van der Waals surface area contributed by atoms with Gasteiger partial charge in [0.15, 0.2) is 11.3 Å². The van der Waals surface area contributed by atoms with Gasteiger partial charge in [-0.1, -0.05) is 30.3 Å². The molecule has 7 nitrogen and oxygen atoms in total. The molecule has 1 N–H and O–H groups in total. The van der Waals surface area contributed by atoms with Crippen molar-refractivity contribution in [1.82, 2.24) is 4.90 Å². The molecule has 184 valence electrons. The van der Waals surface area contributed by atoms with E-state index in [0.29, 0.717) is 34.2 Å². The normalized spacial score (nSPS) is 15.1. The lowest BCUT2D eigenvalue weighted by Gasteiger charge is -2.37. The summed E-state index contributed by atoms with van der Waals surface area (Å²) in [4.78, 5) is 17.4. The standard InChI is InChI=1S/C27H28N2O5.ClH/c1-32-24-11-5-3-9-22(24)29-15-13-28(14-16-29)17-19(30)18-33-25-12-6-8-21-26(31)20-7-2-4-10-23(20)34-27(21)25;/h2-12,19,30H,13-18H2,1H3;1H. The monoisotopic (exact) mass is 496 g/mol. The van der Waals surface area contributed by atoms with Crippen molar-refractivity contribution in [3.05, 3.63) is 77.0 Å². The Morgan fingerprint density at radius 3 is 2.40 bits per heavy atom. The number of benzene rings is 3. The van der Waals surface area contributed by atoms with Crippen LogP contribution < -0.4 is 19.8 Å². The number of anilines is 1. The number of nitrogens with zero attached hydrogens (tertiary/aromatic N) is 2. The molecule has 35 heavy (non-hydrogen) atoms. The molecule has 1 fully saturated rings. The largest absolute Gasteiger partial charge is 0.495 e. The number of aliphatic hydroxyl groups is 1. The van der Waals surface area contributed by atoms with Crippen LogP contribution in [0.3, 0.4) is 0 Å². The minimum Gasteiger partial charge on any atom is -0.495 e. The van der Waals surface area contributed by atoms with Gasteiger partial charge in [-0.05, 0) is 36.4 Å². The van der Waals surface area contributed by atoms with Gasteiger partial charge in [0.1, 0.15) is 24.0 Å². The Kier molecular flexibility index (Phi) is 7.80. The molecule has 1 unspecified atom stereocenters. The molecule has 2 heterocycles. The zero-order valence-corrected chi connectivity index (χ0v) is 20.4. The van der Waals surface area contributed by atoms with Crippen LogP contribution in [0.1, 0.15) is 0 Å². The fraction of sp³-hybridized carbons (Fsp3) is 0.296. The number of hydrogen-bond acceptors (Lipinski definition) is 7. The first-order valence-corrected chi connectivity index (χ1v) is 11.5. The van der Waals surface area contributed by atoms with Crippen LogP contribution in [0.4, 0.5) is 5.69 Å². The Morgan fingerprint density at radius 2 is 1.60 bits per heavy atom. The second-order valence-electron chi connectivity index (χ2n) is 8.48. The molecule has 0 aliphatic carbocycles. The second kappa shape index (κ2) is 11.0. The van der Waals surface area contributed by atoms with Gasteiger partial charge in [-0.25, -0.2) is 0 Å². The predicted octanol–water partition coefficient (Wildman–Crippen LogP) is 3.94. The molecular formula is C27H29ClN2O5. The molecule has 1 atom stereocenters. The first-order valence-electron chi connectivity index (χ1n) is 11.5. The number of β-amino-alcohol motifs (C(OH)–C–C–N with tert-alkyl or cyclic N) is 1. The Balaban J connectivity index is 0.00000289. The average Bonchev–Trinajstić information content (AvgIpc) is 2.88. The van der Waals surface area contributed by atoms with E-state index in [0.717, 1.165) is 37.6 Å². The molecule has 0 radical (unpaired) electrons. The minimum absolute atomic E-state index is 0. The van der Waals surface area contributed by atoms with Crippen molar-refractivity contribution in [3.63, 3.8) is 0 Å². The molecular weight excluding hydrogens is 468 g/mol. The SMILES string of the molecule is COc1ccccc1N1CCN(CC(O)COc2cccc3c(=O)c4ccccc4oc23)CC1.Cl. The summed E-state index contributed by atoms with van der Waals surface area (Å²) in [6, 6.07) is 20.5. The fourth-order valence-corrected chi connectivity index (χ4v) is 4.51. The van der Waals surface area contributed by atoms with Gasteiger partial charge in [-0.3, -0.25) is 9.69 Å². The number of halogens is 1. The highest BCUT2D eigenvalue weighted by Gasteiger charge is 2.22. The number of aliphatic hydroxyl groups excluding tert-OH is 1. The molecule has 1 aromatic heterocycles.